The molecular formula is C9H11N5. The van der Waals surface area contributed by atoms with Gasteiger partial charge in [-0.25, -0.2) is 15.0 Å². The van der Waals surface area contributed by atoms with Crippen LogP contribution in [0, 0.1) is 0 Å². The number of hydrogen-bond donors (Lipinski definition) is 2. The molecule has 14 heavy (non-hydrogen) atoms. The van der Waals surface area contributed by atoms with Crippen LogP contribution in [0.2, 0.25) is 0 Å². The van der Waals surface area contributed by atoms with E-state index < -0.39 is 0 Å². The molecule has 2 aromatic rings. The van der Waals surface area contributed by atoms with E-state index in [-0.39, 0.29) is 6.04 Å². The van der Waals surface area contributed by atoms with Gasteiger partial charge < -0.3 is 10.7 Å². The minimum absolute atomic E-state index is 0.184. The molecular weight excluding hydrogens is 178 g/mol. The minimum atomic E-state index is -0.184. The van der Waals surface area contributed by atoms with Crippen molar-refractivity contribution in [1.29, 1.82) is 0 Å². The molecule has 0 amide bonds. The highest BCUT2D eigenvalue weighted by atomic mass is 14.9. The van der Waals surface area contributed by atoms with E-state index in [4.69, 9.17) is 5.73 Å². The number of aromatic nitrogens is 4. The van der Waals surface area contributed by atoms with Crippen LogP contribution in [0.3, 0.4) is 0 Å². The Kier molecular flexibility index (Phi) is 2.51. The first-order valence-electron chi connectivity index (χ1n) is 4.36. The Hall–Kier alpha value is -1.75. The number of hydrogen-bond acceptors (Lipinski definition) is 4. The molecule has 0 aliphatic carbocycles. The number of rotatable bonds is 3. The summed E-state index contributed by atoms with van der Waals surface area (Å²) in [7, 11) is 0. The van der Waals surface area contributed by atoms with Crippen molar-refractivity contribution in [2.24, 2.45) is 5.73 Å². The number of nitrogens with one attached hydrogen (secondary N) is 1. The summed E-state index contributed by atoms with van der Waals surface area (Å²) >= 11 is 0. The van der Waals surface area contributed by atoms with E-state index in [1.165, 1.54) is 0 Å². The second-order valence-electron chi connectivity index (χ2n) is 2.99. The lowest BCUT2D eigenvalue weighted by atomic mass is 10.1. The summed E-state index contributed by atoms with van der Waals surface area (Å²) in [5.41, 5.74) is 6.90. The van der Waals surface area contributed by atoms with Gasteiger partial charge in [0.2, 0.25) is 0 Å². The highest BCUT2D eigenvalue weighted by Gasteiger charge is 2.09. The first-order valence-corrected chi connectivity index (χ1v) is 4.36. The van der Waals surface area contributed by atoms with Crippen molar-refractivity contribution >= 4 is 0 Å². The van der Waals surface area contributed by atoms with Crippen LogP contribution in [0.4, 0.5) is 0 Å². The Balaban J connectivity index is 2.07. The Morgan fingerprint density at radius 3 is 2.79 bits per heavy atom. The number of aromatic amines is 1. The summed E-state index contributed by atoms with van der Waals surface area (Å²) in [6.07, 6.45) is 7.44. The maximum atomic E-state index is 5.91. The first kappa shape index (κ1) is 8.83. The summed E-state index contributed by atoms with van der Waals surface area (Å²) < 4.78 is 0. The molecule has 0 aromatic carbocycles. The molecule has 0 radical (unpaired) electrons. The van der Waals surface area contributed by atoms with Crippen molar-refractivity contribution in [1.82, 2.24) is 19.9 Å². The molecule has 0 unspecified atom stereocenters. The number of imidazole rings is 1. The topological polar surface area (TPSA) is 80.5 Å². The number of nitrogens with zero attached hydrogens (tertiary/aromatic N) is 3. The second-order valence-corrected chi connectivity index (χ2v) is 2.99. The van der Waals surface area contributed by atoms with Crippen molar-refractivity contribution in [3.05, 3.63) is 42.5 Å². The van der Waals surface area contributed by atoms with Gasteiger partial charge in [-0.3, -0.25) is 0 Å². The SMILES string of the molecule is N[C@H](Cc1cnc[nH]1)c1ncccn1. The molecule has 1 atom stereocenters. The lowest BCUT2D eigenvalue weighted by molar-refractivity contribution is 0.658. The van der Waals surface area contributed by atoms with Gasteiger partial charge in [0.25, 0.3) is 0 Å². The molecule has 2 aromatic heterocycles. The molecule has 0 saturated heterocycles. The molecule has 0 fully saturated rings. The molecule has 5 heteroatoms. The lowest BCUT2D eigenvalue weighted by Crippen LogP contribution is -2.16. The maximum absolute atomic E-state index is 5.91. The molecule has 5 nitrogen and oxygen atoms in total. The summed E-state index contributed by atoms with van der Waals surface area (Å²) in [6, 6.07) is 1.59. The molecule has 3 N–H and O–H groups in total. The molecule has 0 spiro atoms. The standard InChI is InChI=1S/C9H11N5/c10-8(4-7-5-11-6-14-7)9-12-2-1-3-13-9/h1-3,5-6,8H,4,10H2,(H,11,14)/t8-/m1/s1. The molecule has 2 rings (SSSR count). The summed E-state index contributed by atoms with van der Waals surface area (Å²) in [5, 5.41) is 0. The van der Waals surface area contributed by atoms with Gasteiger partial charge in [-0.05, 0) is 6.07 Å². The van der Waals surface area contributed by atoms with E-state index in [1.807, 2.05) is 0 Å². The molecule has 2 heterocycles. The summed E-state index contributed by atoms with van der Waals surface area (Å²) in [4.78, 5) is 15.1. The van der Waals surface area contributed by atoms with Gasteiger partial charge in [-0.2, -0.15) is 0 Å². The van der Waals surface area contributed by atoms with Crippen LogP contribution in [-0.4, -0.2) is 19.9 Å². The lowest BCUT2D eigenvalue weighted by Gasteiger charge is -2.07. The van der Waals surface area contributed by atoms with E-state index in [2.05, 4.69) is 19.9 Å². The molecule has 0 aliphatic rings. The Morgan fingerprint density at radius 2 is 2.14 bits per heavy atom. The summed E-state index contributed by atoms with van der Waals surface area (Å²) in [6.45, 7) is 0. The van der Waals surface area contributed by atoms with E-state index >= 15 is 0 Å². The largest absolute Gasteiger partial charge is 0.348 e. The minimum Gasteiger partial charge on any atom is -0.348 e. The molecule has 0 aliphatic heterocycles. The normalized spacial score (nSPS) is 12.6. The van der Waals surface area contributed by atoms with Crippen LogP contribution in [0.5, 0.6) is 0 Å². The quantitative estimate of drug-likeness (QED) is 0.734. The first-order chi connectivity index (χ1) is 6.86. The van der Waals surface area contributed by atoms with Crippen LogP contribution >= 0.6 is 0 Å². The Labute approximate surface area is 81.4 Å². The van der Waals surface area contributed by atoms with Crippen LogP contribution in [0.15, 0.2) is 31.0 Å². The molecule has 0 bridgehead atoms. The highest BCUT2D eigenvalue weighted by molar-refractivity contribution is 5.03. The predicted octanol–water partition coefficient (Wildman–Crippen LogP) is 0.442. The smallest absolute Gasteiger partial charge is 0.145 e. The van der Waals surface area contributed by atoms with Crippen molar-refractivity contribution in [2.75, 3.05) is 0 Å². The highest BCUT2D eigenvalue weighted by Crippen LogP contribution is 2.08. The third-order valence-electron chi connectivity index (χ3n) is 1.91. The van der Waals surface area contributed by atoms with Crippen LogP contribution < -0.4 is 5.73 Å². The van der Waals surface area contributed by atoms with E-state index in [1.54, 1.807) is 31.0 Å². The van der Waals surface area contributed by atoms with E-state index in [9.17, 15) is 0 Å². The van der Waals surface area contributed by atoms with Gasteiger partial charge in [0.05, 0.1) is 12.4 Å². The number of nitrogens with two attached hydrogens (primary N) is 1. The van der Waals surface area contributed by atoms with Crippen molar-refractivity contribution < 1.29 is 0 Å². The van der Waals surface area contributed by atoms with Gasteiger partial charge in [0, 0.05) is 30.7 Å². The van der Waals surface area contributed by atoms with Crippen molar-refractivity contribution in [3.8, 4) is 0 Å². The molecule has 0 saturated carbocycles. The fourth-order valence-corrected chi connectivity index (χ4v) is 1.23. The van der Waals surface area contributed by atoms with Gasteiger partial charge in [0.15, 0.2) is 0 Å². The van der Waals surface area contributed by atoms with Gasteiger partial charge in [-0.1, -0.05) is 0 Å². The Bertz CT molecular complexity index is 369. The molecule has 72 valence electrons. The van der Waals surface area contributed by atoms with Crippen molar-refractivity contribution in [3.63, 3.8) is 0 Å². The summed E-state index contributed by atoms with van der Waals surface area (Å²) in [5.74, 6) is 0.655. The zero-order valence-electron chi connectivity index (χ0n) is 7.59. The Morgan fingerprint density at radius 1 is 1.36 bits per heavy atom. The fraction of sp³-hybridized carbons (Fsp3) is 0.222. The zero-order chi connectivity index (χ0) is 9.80. The van der Waals surface area contributed by atoms with Crippen LogP contribution in [0.25, 0.3) is 0 Å². The third-order valence-corrected chi connectivity index (χ3v) is 1.91. The van der Waals surface area contributed by atoms with E-state index in [0.29, 0.717) is 12.2 Å². The van der Waals surface area contributed by atoms with Gasteiger partial charge in [-0.15, -0.1) is 0 Å². The average molecular weight is 189 g/mol. The van der Waals surface area contributed by atoms with Gasteiger partial charge >= 0.3 is 0 Å². The monoisotopic (exact) mass is 189 g/mol. The average Bonchev–Trinajstić information content (AvgIpc) is 2.72. The third kappa shape index (κ3) is 1.94. The zero-order valence-corrected chi connectivity index (χ0v) is 7.59. The number of H-pyrrole nitrogens is 1. The van der Waals surface area contributed by atoms with Crippen LogP contribution in [0.1, 0.15) is 17.6 Å². The predicted molar refractivity (Wildman–Crippen MR) is 51.3 cm³/mol. The second kappa shape index (κ2) is 3.97. The van der Waals surface area contributed by atoms with Crippen molar-refractivity contribution in [2.45, 2.75) is 12.5 Å². The fourth-order valence-electron chi connectivity index (χ4n) is 1.23. The maximum Gasteiger partial charge on any atom is 0.145 e. The van der Waals surface area contributed by atoms with Gasteiger partial charge in [0.1, 0.15) is 5.82 Å². The van der Waals surface area contributed by atoms with Crippen LogP contribution in [-0.2, 0) is 6.42 Å². The van der Waals surface area contributed by atoms with E-state index in [0.717, 1.165) is 5.69 Å².